The maximum absolute atomic E-state index is 12.9. The van der Waals surface area contributed by atoms with Crippen molar-refractivity contribution in [3.05, 3.63) is 65.4 Å². The monoisotopic (exact) mass is 399 g/mol. The molecule has 0 spiro atoms. The number of para-hydroxylation sites is 1. The molecular weight excluding hydrogens is 378 g/mol. The van der Waals surface area contributed by atoms with Crippen LogP contribution in [0.3, 0.4) is 0 Å². The summed E-state index contributed by atoms with van der Waals surface area (Å²) in [6, 6.07) is 13.1. The van der Waals surface area contributed by atoms with E-state index in [9.17, 15) is 13.2 Å². The van der Waals surface area contributed by atoms with Gasteiger partial charge in [-0.1, -0.05) is 24.3 Å². The van der Waals surface area contributed by atoms with Crippen molar-refractivity contribution >= 4 is 32.8 Å². The number of nitrogens with zero attached hydrogens (tertiary/aromatic N) is 2. The zero-order valence-electron chi connectivity index (χ0n) is 15.4. The van der Waals surface area contributed by atoms with Gasteiger partial charge < -0.3 is 9.47 Å². The fraction of sp³-hybridized carbons (Fsp3) is 0.250. The number of hydrogen-bond acceptors (Lipinski definition) is 3. The summed E-state index contributed by atoms with van der Waals surface area (Å²) in [6.45, 7) is 1.04. The largest absolute Gasteiger partial charge is 0.357 e. The number of hydrogen-bond donors (Lipinski definition) is 2. The SMILES string of the molecule is Cn1cc(CC(=O)N2CCc3ccc(NS(=O)(=O)O)cc3C2)c2ccccc21. The molecule has 146 valence electrons. The molecule has 1 aromatic heterocycles. The number of anilines is 1. The molecule has 3 aromatic rings. The summed E-state index contributed by atoms with van der Waals surface area (Å²) in [5.41, 5.74) is 4.33. The van der Waals surface area contributed by atoms with E-state index in [1.54, 1.807) is 17.0 Å². The van der Waals surface area contributed by atoms with E-state index in [-0.39, 0.29) is 11.6 Å². The molecule has 0 bridgehead atoms. The van der Waals surface area contributed by atoms with Crippen molar-refractivity contribution in [1.29, 1.82) is 0 Å². The minimum atomic E-state index is -4.33. The topological polar surface area (TPSA) is 91.6 Å². The van der Waals surface area contributed by atoms with Crippen LogP contribution in [0.15, 0.2) is 48.7 Å². The summed E-state index contributed by atoms with van der Waals surface area (Å²) in [5, 5.41) is 1.08. The number of nitrogens with one attached hydrogen (secondary N) is 1. The molecule has 7 nitrogen and oxygen atoms in total. The summed E-state index contributed by atoms with van der Waals surface area (Å²) in [4.78, 5) is 14.7. The van der Waals surface area contributed by atoms with Crippen LogP contribution in [-0.4, -0.2) is 34.9 Å². The number of aryl methyl sites for hydroxylation is 1. The third kappa shape index (κ3) is 3.74. The van der Waals surface area contributed by atoms with Gasteiger partial charge in [-0.3, -0.25) is 14.1 Å². The van der Waals surface area contributed by atoms with Crippen molar-refractivity contribution < 1.29 is 17.8 Å². The Morgan fingerprint density at radius 2 is 1.96 bits per heavy atom. The van der Waals surface area contributed by atoms with Gasteiger partial charge in [0.15, 0.2) is 0 Å². The Hall–Kier alpha value is -2.84. The van der Waals surface area contributed by atoms with Crippen molar-refractivity contribution in [2.75, 3.05) is 11.3 Å². The smallest absolute Gasteiger partial charge is 0.350 e. The van der Waals surface area contributed by atoms with Crippen LogP contribution >= 0.6 is 0 Å². The number of amides is 1. The highest BCUT2D eigenvalue weighted by Crippen LogP contribution is 2.25. The molecule has 2 aromatic carbocycles. The molecule has 1 amide bonds. The Morgan fingerprint density at radius 3 is 2.75 bits per heavy atom. The number of fused-ring (bicyclic) bond motifs is 2. The standard InChI is InChI=1S/C20H21N3O4S/c1-22-12-16(18-4-2-3-5-19(18)22)11-20(24)23-9-8-14-6-7-17(10-15(14)13-23)21-28(25,26)27/h2-7,10,12,21H,8-9,11,13H2,1H3,(H,25,26,27). The Bertz CT molecular complexity index is 1170. The van der Waals surface area contributed by atoms with Crippen LogP contribution in [0.4, 0.5) is 5.69 Å². The molecule has 0 fully saturated rings. The zero-order chi connectivity index (χ0) is 19.9. The lowest BCUT2D eigenvalue weighted by Gasteiger charge is -2.29. The predicted octanol–water partition coefficient (Wildman–Crippen LogP) is 2.52. The van der Waals surface area contributed by atoms with Gasteiger partial charge in [-0.15, -0.1) is 0 Å². The van der Waals surface area contributed by atoms with E-state index >= 15 is 0 Å². The maximum Gasteiger partial charge on any atom is 0.357 e. The molecule has 4 rings (SSSR count). The highest BCUT2D eigenvalue weighted by atomic mass is 32.2. The summed E-state index contributed by atoms with van der Waals surface area (Å²) < 4.78 is 35.1. The summed E-state index contributed by atoms with van der Waals surface area (Å²) in [7, 11) is -2.36. The zero-order valence-corrected chi connectivity index (χ0v) is 16.2. The van der Waals surface area contributed by atoms with Crippen LogP contribution in [0, 0.1) is 0 Å². The fourth-order valence-electron chi connectivity index (χ4n) is 3.82. The highest BCUT2D eigenvalue weighted by Gasteiger charge is 2.22. The molecular formula is C20H21N3O4S. The molecule has 28 heavy (non-hydrogen) atoms. The maximum atomic E-state index is 12.9. The van der Waals surface area contributed by atoms with E-state index in [1.165, 1.54) is 0 Å². The molecule has 2 N–H and O–H groups in total. The van der Waals surface area contributed by atoms with Crippen LogP contribution < -0.4 is 4.72 Å². The molecule has 2 heterocycles. The summed E-state index contributed by atoms with van der Waals surface area (Å²) in [5.74, 6) is 0.0372. The molecule has 8 heteroatoms. The second kappa shape index (κ2) is 6.96. The van der Waals surface area contributed by atoms with E-state index in [0.29, 0.717) is 25.9 Å². The minimum Gasteiger partial charge on any atom is -0.350 e. The van der Waals surface area contributed by atoms with Crippen molar-refractivity contribution in [3.63, 3.8) is 0 Å². The molecule has 1 aliphatic heterocycles. The van der Waals surface area contributed by atoms with Gasteiger partial charge >= 0.3 is 10.3 Å². The molecule has 1 aliphatic rings. The van der Waals surface area contributed by atoms with Gasteiger partial charge in [-0.25, -0.2) is 0 Å². The number of rotatable bonds is 4. The van der Waals surface area contributed by atoms with Gasteiger partial charge in [0.1, 0.15) is 0 Å². The second-order valence-electron chi connectivity index (χ2n) is 7.09. The first-order valence-electron chi connectivity index (χ1n) is 8.98. The Labute approximate surface area is 163 Å². The molecule has 0 aliphatic carbocycles. The van der Waals surface area contributed by atoms with Crippen molar-refractivity contribution in [2.45, 2.75) is 19.4 Å². The van der Waals surface area contributed by atoms with Gasteiger partial charge in [-0.05, 0) is 41.3 Å². The first kappa shape index (κ1) is 18.5. The first-order valence-corrected chi connectivity index (χ1v) is 10.4. The molecule has 0 atom stereocenters. The van der Waals surface area contributed by atoms with Crippen molar-refractivity contribution in [1.82, 2.24) is 9.47 Å². The van der Waals surface area contributed by atoms with E-state index < -0.39 is 10.3 Å². The van der Waals surface area contributed by atoms with Crippen LogP contribution in [0.1, 0.15) is 16.7 Å². The number of carbonyl (C=O) groups is 1. The number of carbonyl (C=O) groups excluding carboxylic acids is 1. The second-order valence-corrected chi connectivity index (χ2v) is 8.24. The predicted molar refractivity (Wildman–Crippen MR) is 107 cm³/mol. The number of aromatic nitrogens is 1. The minimum absolute atomic E-state index is 0.0372. The van der Waals surface area contributed by atoms with E-state index in [1.807, 2.05) is 48.1 Å². The van der Waals surface area contributed by atoms with Crippen LogP contribution in [0.25, 0.3) is 10.9 Å². The Morgan fingerprint density at radius 1 is 1.18 bits per heavy atom. The third-order valence-corrected chi connectivity index (χ3v) is 5.63. The lowest BCUT2D eigenvalue weighted by atomic mass is 9.98. The van der Waals surface area contributed by atoms with Crippen LogP contribution in [0.5, 0.6) is 0 Å². The average Bonchev–Trinajstić information content (AvgIpc) is 2.96. The molecule has 0 saturated carbocycles. The van der Waals surface area contributed by atoms with E-state index in [2.05, 4.69) is 4.72 Å². The van der Waals surface area contributed by atoms with Crippen LogP contribution in [0.2, 0.25) is 0 Å². The summed E-state index contributed by atoms with van der Waals surface area (Å²) in [6.07, 6.45) is 3.02. The molecule has 0 radical (unpaired) electrons. The van der Waals surface area contributed by atoms with Crippen LogP contribution in [-0.2, 0) is 41.5 Å². The van der Waals surface area contributed by atoms with Gasteiger partial charge in [0, 0.05) is 37.2 Å². The summed E-state index contributed by atoms with van der Waals surface area (Å²) >= 11 is 0. The molecule has 0 unspecified atom stereocenters. The van der Waals surface area contributed by atoms with Crippen molar-refractivity contribution in [3.8, 4) is 0 Å². The number of benzene rings is 2. The quantitative estimate of drug-likeness (QED) is 0.660. The fourth-order valence-corrected chi connectivity index (χ4v) is 4.25. The highest BCUT2D eigenvalue weighted by molar-refractivity contribution is 7.87. The lowest BCUT2D eigenvalue weighted by molar-refractivity contribution is -0.131. The van der Waals surface area contributed by atoms with E-state index in [4.69, 9.17) is 4.55 Å². The van der Waals surface area contributed by atoms with Gasteiger partial charge in [0.2, 0.25) is 5.91 Å². The van der Waals surface area contributed by atoms with Gasteiger partial charge in [0.25, 0.3) is 0 Å². The van der Waals surface area contributed by atoms with Crippen molar-refractivity contribution in [2.24, 2.45) is 7.05 Å². The molecule has 0 saturated heterocycles. The van der Waals surface area contributed by atoms with E-state index in [0.717, 1.165) is 27.6 Å². The van der Waals surface area contributed by atoms with Gasteiger partial charge in [-0.2, -0.15) is 8.42 Å². The average molecular weight is 399 g/mol. The van der Waals surface area contributed by atoms with Gasteiger partial charge in [0.05, 0.1) is 12.1 Å². The Kier molecular flexibility index (Phi) is 4.60. The normalized spacial score (nSPS) is 14.1. The first-order chi connectivity index (χ1) is 13.3. The lowest BCUT2D eigenvalue weighted by Crippen LogP contribution is -2.37. The third-order valence-electron chi connectivity index (χ3n) is 5.14. The Balaban J connectivity index is 1.53.